The van der Waals surface area contributed by atoms with E-state index in [9.17, 15) is 22.8 Å². The van der Waals surface area contributed by atoms with Crippen molar-refractivity contribution in [2.24, 2.45) is 5.73 Å². The van der Waals surface area contributed by atoms with Gasteiger partial charge in [-0.2, -0.15) is 13.2 Å². The number of carbonyl (C=O) groups excluding carboxylic acids is 1. The second-order valence-electron chi connectivity index (χ2n) is 4.43. The Morgan fingerprint density at radius 2 is 1.92 bits per heavy atom. The van der Waals surface area contributed by atoms with Gasteiger partial charge >= 0.3 is 18.1 Å². The maximum absolute atomic E-state index is 11.4. The van der Waals surface area contributed by atoms with Crippen molar-refractivity contribution < 1.29 is 37.8 Å². The molecule has 1 aromatic rings. The number of carbonyl (C=O) groups is 3. The van der Waals surface area contributed by atoms with E-state index in [4.69, 9.17) is 20.7 Å². The van der Waals surface area contributed by atoms with Crippen molar-refractivity contribution >= 4 is 17.8 Å². The van der Waals surface area contributed by atoms with E-state index in [1.807, 2.05) is 0 Å². The zero-order valence-corrected chi connectivity index (χ0v) is 12.3. The highest BCUT2D eigenvalue weighted by Gasteiger charge is 2.38. The number of aromatic amines is 1. The average Bonchev–Trinajstić information content (AvgIpc) is 2.97. The first kappa shape index (κ1) is 21.4. The summed E-state index contributed by atoms with van der Waals surface area (Å²) in [4.78, 5) is 37.8. The second-order valence-corrected chi connectivity index (χ2v) is 4.43. The van der Waals surface area contributed by atoms with Gasteiger partial charge in [-0.3, -0.25) is 4.79 Å². The number of aromatic nitrogens is 2. The van der Waals surface area contributed by atoms with E-state index in [-0.39, 0.29) is 18.7 Å². The molecule has 0 fully saturated rings. The van der Waals surface area contributed by atoms with E-state index in [0.29, 0.717) is 18.7 Å². The molecular formula is C12H17F3N4O5. The van der Waals surface area contributed by atoms with Crippen LogP contribution in [0.5, 0.6) is 0 Å². The molecule has 0 aliphatic heterocycles. The minimum Gasteiger partial charge on any atom is -0.480 e. The van der Waals surface area contributed by atoms with Crippen LogP contribution in [0.25, 0.3) is 0 Å². The number of rotatable bonds is 7. The lowest BCUT2D eigenvalue weighted by atomic mass is 10.1. The van der Waals surface area contributed by atoms with Crippen molar-refractivity contribution in [3.63, 3.8) is 0 Å². The number of H-pyrrole nitrogens is 1. The number of halogens is 3. The summed E-state index contributed by atoms with van der Waals surface area (Å²) in [5, 5.41) is 18.5. The van der Waals surface area contributed by atoms with Crippen LogP contribution < -0.4 is 11.1 Å². The van der Waals surface area contributed by atoms with Crippen LogP contribution in [-0.2, 0) is 20.8 Å². The first-order chi connectivity index (χ1) is 11.1. The van der Waals surface area contributed by atoms with E-state index < -0.39 is 24.2 Å². The number of imidazole rings is 1. The van der Waals surface area contributed by atoms with Crippen molar-refractivity contribution in [2.45, 2.75) is 31.5 Å². The average molecular weight is 354 g/mol. The Bertz CT molecular complexity index is 533. The van der Waals surface area contributed by atoms with Gasteiger partial charge in [0, 0.05) is 24.7 Å². The fourth-order valence-electron chi connectivity index (χ4n) is 1.35. The topological polar surface area (TPSA) is 158 Å². The lowest BCUT2D eigenvalue weighted by Gasteiger charge is -2.13. The molecule has 0 spiro atoms. The van der Waals surface area contributed by atoms with Gasteiger partial charge in [-0.1, -0.05) is 0 Å². The summed E-state index contributed by atoms with van der Waals surface area (Å²) in [6.07, 6.45) is -1.12. The monoisotopic (exact) mass is 354 g/mol. The predicted molar refractivity (Wildman–Crippen MR) is 73.8 cm³/mol. The molecule has 1 heterocycles. The van der Waals surface area contributed by atoms with Crippen LogP contribution in [0, 0.1) is 0 Å². The number of hydrogen-bond donors (Lipinski definition) is 5. The Balaban J connectivity index is 0.000000640. The van der Waals surface area contributed by atoms with Gasteiger partial charge in [0.25, 0.3) is 0 Å². The Morgan fingerprint density at radius 1 is 1.33 bits per heavy atom. The van der Waals surface area contributed by atoms with E-state index in [2.05, 4.69) is 15.3 Å². The molecule has 12 heteroatoms. The van der Waals surface area contributed by atoms with E-state index in [1.54, 1.807) is 0 Å². The number of alkyl halides is 3. The minimum absolute atomic E-state index is 0.184. The van der Waals surface area contributed by atoms with Crippen LogP contribution in [0.15, 0.2) is 12.5 Å². The number of nitrogens with one attached hydrogen (secondary N) is 2. The molecule has 9 nitrogen and oxygen atoms in total. The fraction of sp³-hybridized carbons (Fsp3) is 0.500. The second kappa shape index (κ2) is 10.2. The van der Waals surface area contributed by atoms with Gasteiger partial charge in [0.1, 0.15) is 6.04 Å². The van der Waals surface area contributed by atoms with Gasteiger partial charge in [0.2, 0.25) is 5.91 Å². The summed E-state index contributed by atoms with van der Waals surface area (Å²) in [6.45, 7) is 0.408. The Labute approximate surface area is 134 Å². The van der Waals surface area contributed by atoms with Crippen LogP contribution in [-0.4, -0.2) is 56.8 Å². The highest BCUT2D eigenvalue weighted by atomic mass is 19.4. The van der Waals surface area contributed by atoms with Gasteiger partial charge < -0.3 is 26.2 Å². The van der Waals surface area contributed by atoms with E-state index in [0.717, 1.165) is 0 Å². The number of nitrogens with zero attached hydrogens (tertiary/aromatic N) is 1. The summed E-state index contributed by atoms with van der Waals surface area (Å²) >= 11 is 0. The van der Waals surface area contributed by atoms with Crippen molar-refractivity contribution in [3.8, 4) is 0 Å². The maximum atomic E-state index is 11.4. The summed E-state index contributed by atoms with van der Waals surface area (Å²) in [7, 11) is 0. The van der Waals surface area contributed by atoms with Crippen LogP contribution in [0.2, 0.25) is 0 Å². The van der Waals surface area contributed by atoms with Crippen LogP contribution in [0.3, 0.4) is 0 Å². The van der Waals surface area contributed by atoms with Gasteiger partial charge in [-0.25, -0.2) is 14.6 Å². The molecule has 0 saturated carbocycles. The summed E-state index contributed by atoms with van der Waals surface area (Å²) in [6, 6.07) is -0.944. The van der Waals surface area contributed by atoms with Gasteiger partial charge in [-0.05, 0) is 13.0 Å². The highest BCUT2D eigenvalue weighted by molar-refractivity contribution is 5.83. The molecule has 1 rings (SSSR count). The van der Waals surface area contributed by atoms with Crippen molar-refractivity contribution in [1.82, 2.24) is 15.3 Å². The summed E-state index contributed by atoms with van der Waals surface area (Å²) < 4.78 is 31.7. The molecule has 0 bridgehead atoms. The number of hydrogen-bond acceptors (Lipinski definition) is 5. The zero-order valence-electron chi connectivity index (χ0n) is 12.3. The lowest BCUT2D eigenvalue weighted by molar-refractivity contribution is -0.192. The molecule has 0 aliphatic rings. The maximum Gasteiger partial charge on any atom is 0.490 e. The molecule has 0 aliphatic carbocycles. The SMILES string of the molecule is NCCCC(=O)NC(Cc1cnc[nH]1)C(=O)O.O=C(O)C(F)(F)F. The molecule has 0 aromatic carbocycles. The van der Waals surface area contributed by atoms with Crippen LogP contribution in [0.4, 0.5) is 13.2 Å². The highest BCUT2D eigenvalue weighted by Crippen LogP contribution is 2.13. The smallest absolute Gasteiger partial charge is 0.480 e. The molecule has 24 heavy (non-hydrogen) atoms. The zero-order chi connectivity index (χ0) is 18.8. The summed E-state index contributed by atoms with van der Waals surface area (Å²) in [5.74, 6) is -4.13. The van der Waals surface area contributed by atoms with Crippen molar-refractivity contribution in [2.75, 3.05) is 6.54 Å². The third-order valence-electron chi connectivity index (χ3n) is 2.46. The van der Waals surface area contributed by atoms with Crippen LogP contribution >= 0.6 is 0 Å². The quantitative estimate of drug-likeness (QED) is 0.457. The molecule has 1 aromatic heterocycles. The number of nitrogens with two attached hydrogens (primary N) is 1. The molecule has 1 atom stereocenters. The molecule has 0 radical (unpaired) electrons. The largest absolute Gasteiger partial charge is 0.490 e. The van der Waals surface area contributed by atoms with Gasteiger partial charge in [0.05, 0.1) is 6.33 Å². The lowest BCUT2D eigenvalue weighted by Crippen LogP contribution is -2.42. The predicted octanol–water partition coefficient (Wildman–Crippen LogP) is -0.106. The molecule has 136 valence electrons. The minimum atomic E-state index is -5.08. The summed E-state index contributed by atoms with van der Waals surface area (Å²) in [5.41, 5.74) is 5.93. The number of amides is 1. The van der Waals surface area contributed by atoms with Crippen LogP contribution in [0.1, 0.15) is 18.5 Å². The van der Waals surface area contributed by atoms with Crippen molar-refractivity contribution in [1.29, 1.82) is 0 Å². The molecule has 1 amide bonds. The molecular weight excluding hydrogens is 337 g/mol. The Hall–Kier alpha value is -2.63. The first-order valence-corrected chi connectivity index (χ1v) is 6.57. The number of aliphatic carboxylic acids is 2. The van der Waals surface area contributed by atoms with Gasteiger partial charge in [0.15, 0.2) is 0 Å². The number of carboxylic acids is 2. The molecule has 1 unspecified atom stereocenters. The van der Waals surface area contributed by atoms with Gasteiger partial charge in [-0.15, -0.1) is 0 Å². The molecule has 0 saturated heterocycles. The first-order valence-electron chi connectivity index (χ1n) is 6.57. The van der Waals surface area contributed by atoms with Crippen molar-refractivity contribution in [3.05, 3.63) is 18.2 Å². The Morgan fingerprint density at radius 3 is 2.29 bits per heavy atom. The third-order valence-corrected chi connectivity index (χ3v) is 2.46. The Kier molecular flexibility index (Phi) is 9.08. The van der Waals surface area contributed by atoms with E-state index >= 15 is 0 Å². The number of carboxylic acid groups (broad SMARTS) is 2. The molecule has 6 N–H and O–H groups in total. The third kappa shape index (κ3) is 9.40. The normalized spacial score (nSPS) is 11.8. The fourth-order valence-corrected chi connectivity index (χ4v) is 1.35. The standard InChI is InChI=1S/C10H16N4O3.C2HF3O2/c11-3-1-2-9(15)14-8(10(16)17)4-7-5-12-6-13-7;3-2(4,5)1(6)7/h5-6,8H,1-4,11H2,(H,12,13)(H,14,15)(H,16,17);(H,6,7). The van der Waals surface area contributed by atoms with E-state index in [1.165, 1.54) is 12.5 Å².